The van der Waals surface area contributed by atoms with E-state index in [4.69, 9.17) is 21.1 Å². The number of morpholine rings is 1. The van der Waals surface area contributed by atoms with Crippen molar-refractivity contribution in [2.45, 2.75) is 32.2 Å². The second kappa shape index (κ2) is 6.02. The van der Waals surface area contributed by atoms with Gasteiger partial charge in [0, 0.05) is 18.1 Å². The lowest BCUT2D eigenvalue weighted by molar-refractivity contribution is -0.122. The van der Waals surface area contributed by atoms with Crippen LogP contribution in [0.1, 0.15) is 19.4 Å². The molecule has 1 aromatic rings. The number of hydrogen-bond acceptors (Lipinski definition) is 3. The van der Waals surface area contributed by atoms with E-state index in [1.165, 1.54) is 0 Å². The fourth-order valence-electron chi connectivity index (χ4n) is 2.10. The summed E-state index contributed by atoms with van der Waals surface area (Å²) >= 11 is 5.92. The first-order valence-corrected chi connectivity index (χ1v) is 6.64. The van der Waals surface area contributed by atoms with Crippen LogP contribution in [0.4, 0.5) is 0 Å². The maximum absolute atomic E-state index is 5.92. The summed E-state index contributed by atoms with van der Waals surface area (Å²) in [4.78, 5) is 0. The van der Waals surface area contributed by atoms with Crippen LogP contribution in [-0.2, 0) is 16.1 Å². The summed E-state index contributed by atoms with van der Waals surface area (Å²) in [5, 5.41) is 4.10. The van der Waals surface area contributed by atoms with Gasteiger partial charge in [0.25, 0.3) is 0 Å². The van der Waals surface area contributed by atoms with Crippen LogP contribution in [0.2, 0.25) is 5.02 Å². The molecule has 0 aromatic heterocycles. The number of ether oxygens (including phenoxy) is 2. The second-order valence-corrected chi connectivity index (χ2v) is 5.71. The molecule has 1 atom stereocenters. The molecule has 1 aliphatic heterocycles. The van der Waals surface area contributed by atoms with Crippen LogP contribution in [0.3, 0.4) is 0 Å². The van der Waals surface area contributed by atoms with Gasteiger partial charge in [-0.3, -0.25) is 0 Å². The van der Waals surface area contributed by atoms with E-state index in [2.05, 4.69) is 19.2 Å². The largest absolute Gasteiger partial charge is 0.374 e. The van der Waals surface area contributed by atoms with Gasteiger partial charge in [-0.25, -0.2) is 0 Å². The lowest BCUT2D eigenvalue weighted by Gasteiger charge is -2.36. The Morgan fingerprint density at radius 3 is 3.06 bits per heavy atom. The zero-order valence-corrected chi connectivity index (χ0v) is 11.7. The highest BCUT2D eigenvalue weighted by molar-refractivity contribution is 6.30. The van der Waals surface area contributed by atoms with Crippen LogP contribution in [0.5, 0.6) is 0 Å². The Labute approximate surface area is 113 Å². The lowest BCUT2D eigenvalue weighted by Crippen LogP contribution is -2.51. The third-order valence-electron chi connectivity index (χ3n) is 2.87. The van der Waals surface area contributed by atoms with Crippen molar-refractivity contribution in [3.8, 4) is 0 Å². The molecular formula is C14H20ClNO2. The van der Waals surface area contributed by atoms with Crippen molar-refractivity contribution in [3.63, 3.8) is 0 Å². The number of hydrogen-bond donors (Lipinski definition) is 1. The summed E-state index contributed by atoms with van der Waals surface area (Å²) in [6, 6.07) is 7.73. The molecule has 100 valence electrons. The maximum atomic E-state index is 5.92. The molecule has 1 heterocycles. The molecule has 0 saturated carbocycles. The van der Waals surface area contributed by atoms with Gasteiger partial charge in [0.2, 0.25) is 0 Å². The fourth-order valence-corrected chi connectivity index (χ4v) is 2.31. The molecule has 1 unspecified atom stereocenters. The quantitative estimate of drug-likeness (QED) is 0.912. The predicted octanol–water partition coefficient (Wildman–Crippen LogP) is 2.62. The molecule has 0 spiro atoms. The van der Waals surface area contributed by atoms with Gasteiger partial charge in [0.1, 0.15) is 0 Å². The van der Waals surface area contributed by atoms with Crippen LogP contribution in [0, 0.1) is 0 Å². The molecule has 1 N–H and O–H groups in total. The molecule has 2 rings (SSSR count). The third-order valence-corrected chi connectivity index (χ3v) is 3.11. The standard InChI is InChI=1S/C14H20ClNO2/c1-14(2)10-16-7-13(18-14)9-17-8-11-4-3-5-12(15)6-11/h3-6,13,16H,7-10H2,1-2H3. The summed E-state index contributed by atoms with van der Waals surface area (Å²) < 4.78 is 11.6. The van der Waals surface area contributed by atoms with Crippen LogP contribution in [-0.4, -0.2) is 31.4 Å². The molecule has 4 heteroatoms. The van der Waals surface area contributed by atoms with Crippen LogP contribution >= 0.6 is 11.6 Å². The molecule has 0 radical (unpaired) electrons. The molecule has 0 bridgehead atoms. The van der Waals surface area contributed by atoms with E-state index >= 15 is 0 Å². The number of nitrogens with one attached hydrogen (secondary N) is 1. The van der Waals surface area contributed by atoms with Crippen molar-refractivity contribution in [1.82, 2.24) is 5.32 Å². The normalized spacial score (nSPS) is 22.9. The molecule has 1 fully saturated rings. The Bertz CT molecular complexity index is 395. The van der Waals surface area contributed by atoms with Gasteiger partial charge in [-0.2, -0.15) is 0 Å². The Hall–Kier alpha value is -0.610. The van der Waals surface area contributed by atoms with Gasteiger partial charge in [-0.05, 0) is 31.5 Å². The topological polar surface area (TPSA) is 30.5 Å². The smallest absolute Gasteiger partial charge is 0.0940 e. The predicted molar refractivity (Wildman–Crippen MR) is 72.9 cm³/mol. The lowest BCUT2D eigenvalue weighted by atomic mass is 10.1. The second-order valence-electron chi connectivity index (χ2n) is 5.28. The molecule has 1 saturated heterocycles. The van der Waals surface area contributed by atoms with E-state index in [0.717, 1.165) is 23.7 Å². The van der Waals surface area contributed by atoms with Crippen LogP contribution < -0.4 is 5.32 Å². The highest BCUT2D eigenvalue weighted by Crippen LogP contribution is 2.16. The zero-order valence-electron chi connectivity index (χ0n) is 10.9. The first-order chi connectivity index (χ1) is 8.55. The number of rotatable bonds is 4. The Balaban J connectivity index is 1.75. The molecule has 3 nitrogen and oxygen atoms in total. The summed E-state index contributed by atoms with van der Waals surface area (Å²) in [6.45, 7) is 7.08. The van der Waals surface area contributed by atoms with Gasteiger partial charge in [0.15, 0.2) is 0 Å². The monoisotopic (exact) mass is 269 g/mol. The average molecular weight is 270 g/mol. The zero-order chi connectivity index (χ0) is 13.0. The van der Waals surface area contributed by atoms with Crippen molar-refractivity contribution in [1.29, 1.82) is 0 Å². The van der Waals surface area contributed by atoms with E-state index in [9.17, 15) is 0 Å². The Morgan fingerprint density at radius 1 is 1.50 bits per heavy atom. The first-order valence-electron chi connectivity index (χ1n) is 6.26. The third kappa shape index (κ3) is 4.25. The van der Waals surface area contributed by atoms with Crippen molar-refractivity contribution in [2.75, 3.05) is 19.7 Å². The summed E-state index contributed by atoms with van der Waals surface area (Å²) in [5.41, 5.74) is 0.980. The van der Waals surface area contributed by atoms with Crippen LogP contribution in [0.25, 0.3) is 0 Å². The van der Waals surface area contributed by atoms with E-state index in [-0.39, 0.29) is 11.7 Å². The van der Waals surface area contributed by atoms with Crippen molar-refractivity contribution < 1.29 is 9.47 Å². The molecule has 1 aliphatic rings. The summed E-state index contributed by atoms with van der Waals surface area (Å²) in [7, 11) is 0. The van der Waals surface area contributed by atoms with Gasteiger partial charge in [0.05, 0.1) is 24.9 Å². The summed E-state index contributed by atoms with van der Waals surface area (Å²) in [5.74, 6) is 0. The molecule has 0 amide bonds. The van der Waals surface area contributed by atoms with Gasteiger partial charge in [-0.15, -0.1) is 0 Å². The van der Waals surface area contributed by atoms with E-state index < -0.39 is 0 Å². The minimum Gasteiger partial charge on any atom is -0.374 e. The molecule has 0 aliphatic carbocycles. The van der Waals surface area contributed by atoms with Gasteiger partial charge in [-0.1, -0.05) is 23.7 Å². The molecule has 1 aromatic carbocycles. The fraction of sp³-hybridized carbons (Fsp3) is 0.571. The minimum atomic E-state index is -0.109. The maximum Gasteiger partial charge on any atom is 0.0940 e. The van der Waals surface area contributed by atoms with Crippen molar-refractivity contribution in [2.24, 2.45) is 0 Å². The first kappa shape index (κ1) is 13.8. The SMILES string of the molecule is CC1(C)CNCC(COCc2cccc(Cl)c2)O1. The highest BCUT2D eigenvalue weighted by atomic mass is 35.5. The minimum absolute atomic E-state index is 0.109. The average Bonchev–Trinajstić information content (AvgIpc) is 2.28. The highest BCUT2D eigenvalue weighted by Gasteiger charge is 2.28. The van der Waals surface area contributed by atoms with Crippen LogP contribution in [0.15, 0.2) is 24.3 Å². The van der Waals surface area contributed by atoms with Crippen molar-refractivity contribution in [3.05, 3.63) is 34.9 Å². The summed E-state index contributed by atoms with van der Waals surface area (Å²) in [6.07, 6.45) is 0.118. The number of halogens is 1. The van der Waals surface area contributed by atoms with E-state index in [0.29, 0.717) is 13.2 Å². The molecule has 18 heavy (non-hydrogen) atoms. The van der Waals surface area contributed by atoms with Gasteiger partial charge >= 0.3 is 0 Å². The molecular weight excluding hydrogens is 250 g/mol. The van der Waals surface area contributed by atoms with E-state index in [1.54, 1.807) is 0 Å². The van der Waals surface area contributed by atoms with Gasteiger partial charge < -0.3 is 14.8 Å². The van der Waals surface area contributed by atoms with E-state index in [1.807, 2.05) is 24.3 Å². The van der Waals surface area contributed by atoms with Crippen molar-refractivity contribution >= 4 is 11.6 Å². The number of benzene rings is 1. The Morgan fingerprint density at radius 2 is 2.33 bits per heavy atom. The Kier molecular flexibility index (Phi) is 4.62.